The fraction of sp³-hybridized carbons (Fsp3) is 0.538. The summed E-state index contributed by atoms with van der Waals surface area (Å²) in [6.07, 6.45) is -3.99. The molecule has 2 atom stereocenters. The highest BCUT2D eigenvalue weighted by molar-refractivity contribution is 5.94. The lowest BCUT2D eigenvalue weighted by Gasteiger charge is -2.25. The number of aromatic amines is 1. The molecule has 21 heavy (non-hydrogen) atoms. The summed E-state index contributed by atoms with van der Waals surface area (Å²) in [4.78, 5) is 27.0. The second kappa shape index (κ2) is 5.51. The molecule has 116 valence electrons. The number of aliphatic hydroxyl groups is 1. The minimum Gasteiger partial charge on any atom is -0.394 e. The van der Waals surface area contributed by atoms with Gasteiger partial charge in [-0.05, 0) is 24.5 Å². The molecule has 0 aliphatic carbocycles. The summed E-state index contributed by atoms with van der Waals surface area (Å²) in [6, 6.07) is 1.13. The van der Waals surface area contributed by atoms with Crippen LogP contribution < -0.4 is 5.56 Å². The van der Waals surface area contributed by atoms with Crippen molar-refractivity contribution >= 4 is 5.91 Å². The van der Waals surface area contributed by atoms with Crippen molar-refractivity contribution in [3.63, 3.8) is 0 Å². The van der Waals surface area contributed by atoms with Crippen molar-refractivity contribution in [2.24, 2.45) is 5.92 Å². The quantitative estimate of drug-likeness (QED) is 0.863. The molecule has 8 heteroatoms. The molecule has 1 aromatic rings. The van der Waals surface area contributed by atoms with Crippen LogP contribution in [0.2, 0.25) is 0 Å². The van der Waals surface area contributed by atoms with Crippen molar-refractivity contribution in [1.29, 1.82) is 0 Å². The minimum absolute atomic E-state index is 0.0764. The Kier molecular flexibility index (Phi) is 4.08. The van der Waals surface area contributed by atoms with Crippen LogP contribution >= 0.6 is 0 Å². The predicted molar refractivity (Wildman–Crippen MR) is 67.8 cm³/mol. The van der Waals surface area contributed by atoms with Gasteiger partial charge in [-0.2, -0.15) is 13.2 Å². The van der Waals surface area contributed by atoms with Crippen molar-refractivity contribution in [2.75, 3.05) is 13.2 Å². The number of hydrogen-bond donors (Lipinski definition) is 2. The fourth-order valence-electron chi connectivity index (χ4n) is 2.50. The van der Waals surface area contributed by atoms with E-state index in [1.165, 1.54) is 4.90 Å². The molecule has 1 aliphatic rings. The monoisotopic (exact) mass is 304 g/mol. The maximum Gasteiger partial charge on any atom is 0.431 e. The number of nitrogens with one attached hydrogen (secondary N) is 1. The standard InChI is InChI=1S/C13H15F3N2O3/c1-7-4-5-18(9(7)6-19)12(21)8-2-3-10(13(14,15)16)17-11(8)20/h2-3,7,9,19H,4-6H2,1H3,(H,17,20). The molecular formula is C13H15F3N2O3. The highest BCUT2D eigenvalue weighted by atomic mass is 19.4. The van der Waals surface area contributed by atoms with Crippen LogP contribution in [0.15, 0.2) is 16.9 Å². The average Bonchev–Trinajstić information content (AvgIpc) is 2.77. The molecule has 1 aromatic heterocycles. The minimum atomic E-state index is -4.67. The largest absolute Gasteiger partial charge is 0.431 e. The van der Waals surface area contributed by atoms with Gasteiger partial charge in [0.15, 0.2) is 0 Å². The first-order valence-electron chi connectivity index (χ1n) is 6.48. The average molecular weight is 304 g/mol. The number of aliphatic hydroxyl groups excluding tert-OH is 1. The first kappa shape index (κ1) is 15.6. The molecule has 0 aromatic carbocycles. The van der Waals surface area contributed by atoms with E-state index in [1.54, 1.807) is 4.98 Å². The van der Waals surface area contributed by atoms with E-state index in [9.17, 15) is 27.9 Å². The van der Waals surface area contributed by atoms with Gasteiger partial charge >= 0.3 is 6.18 Å². The molecule has 1 saturated heterocycles. The lowest BCUT2D eigenvalue weighted by atomic mass is 10.0. The van der Waals surface area contributed by atoms with Gasteiger partial charge in [-0.3, -0.25) is 9.59 Å². The smallest absolute Gasteiger partial charge is 0.394 e. The molecule has 2 heterocycles. The summed E-state index contributed by atoms with van der Waals surface area (Å²) >= 11 is 0. The molecule has 2 rings (SSSR count). The van der Waals surface area contributed by atoms with Crippen LogP contribution in [0.3, 0.4) is 0 Å². The van der Waals surface area contributed by atoms with E-state index in [0.29, 0.717) is 19.0 Å². The zero-order chi connectivity index (χ0) is 15.8. The number of pyridine rings is 1. The van der Waals surface area contributed by atoms with E-state index in [4.69, 9.17) is 0 Å². The Labute approximate surface area is 118 Å². The number of hydrogen-bond acceptors (Lipinski definition) is 3. The van der Waals surface area contributed by atoms with Gasteiger partial charge in [0.05, 0.1) is 12.6 Å². The summed E-state index contributed by atoms with van der Waals surface area (Å²) in [6.45, 7) is 1.99. The summed E-state index contributed by atoms with van der Waals surface area (Å²) in [7, 11) is 0. The van der Waals surface area contributed by atoms with Gasteiger partial charge in [0.25, 0.3) is 11.5 Å². The van der Waals surface area contributed by atoms with Crippen molar-refractivity contribution in [3.8, 4) is 0 Å². The summed E-state index contributed by atoms with van der Waals surface area (Å²) in [5.74, 6) is -0.583. The highest BCUT2D eigenvalue weighted by Crippen LogP contribution is 2.27. The number of nitrogens with zero attached hydrogens (tertiary/aromatic N) is 1. The first-order valence-corrected chi connectivity index (χ1v) is 6.48. The van der Waals surface area contributed by atoms with E-state index in [-0.39, 0.29) is 18.1 Å². The van der Waals surface area contributed by atoms with Crippen LogP contribution in [0.5, 0.6) is 0 Å². The molecular weight excluding hydrogens is 289 g/mol. The van der Waals surface area contributed by atoms with E-state index < -0.39 is 29.4 Å². The fourth-order valence-corrected chi connectivity index (χ4v) is 2.50. The predicted octanol–water partition coefficient (Wildman–Crippen LogP) is 1.24. The molecule has 0 bridgehead atoms. The number of carbonyl (C=O) groups excluding carboxylic acids is 1. The summed E-state index contributed by atoms with van der Waals surface area (Å²) in [5, 5.41) is 9.29. The number of carbonyl (C=O) groups is 1. The second-order valence-corrected chi connectivity index (χ2v) is 5.13. The Morgan fingerprint density at radius 1 is 1.48 bits per heavy atom. The van der Waals surface area contributed by atoms with Gasteiger partial charge < -0.3 is 15.0 Å². The third kappa shape index (κ3) is 2.94. The maximum absolute atomic E-state index is 12.5. The summed E-state index contributed by atoms with van der Waals surface area (Å²) in [5.41, 5.74) is -2.63. The van der Waals surface area contributed by atoms with Gasteiger partial charge in [-0.1, -0.05) is 6.92 Å². The molecule has 1 amide bonds. The van der Waals surface area contributed by atoms with E-state index in [0.717, 1.165) is 6.07 Å². The van der Waals surface area contributed by atoms with Crippen LogP contribution in [0.25, 0.3) is 0 Å². The Morgan fingerprint density at radius 3 is 2.67 bits per heavy atom. The molecule has 5 nitrogen and oxygen atoms in total. The molecule has 2 N–H and O–H groups in total. The SMILES string of the molecule is CC1CCN(C(=O)c2ccc(C(F)(F)F)[nH]c2=O)C1CO. The van der Waals surface area contributed by atoms with Gasteiger partial charge in [0, 0.05) is 6.54 Å². The zero-order valence-electron chi connectivity index (χ0n) is 11.3. The molecule has 1 fully saturated rings. The molecule has 0 spiro atoms. The number of aromatic nitrogens is 1. The summed E-state index contributed by atoms with van der Waals surface area (Å²) < 4.78 is 37.4. The first-order chi connectivity index (χ1) is 9.75. The van der Waals surface area contributed by atoms with Crippen LogP contribution in [0.4, 0.5) is 13.2 Å². The Bertz CT molecular complexity index is 597. The van der Waals surface area contributed by atoms with Crippen molar-refractivity contribution in [2.45, 2.75) is 25.6 Å². The molecule has 0 saturated carbocycles. The van der Waals surface area contributed by atoms with Crippen LogP contribution in [0.1, 0.15) is 29.4 Å². The van der Waals surface area contributed by atoms with Crippen molar-refractivity contribution < 1.29 is 23.1 Å². The van der Waals surface area contributed by atoms with E-state index in [1.807, 2.05) is 6.92 Å². The van der Waals surface area contributed by atoms with Crippen LogP contribution in [-0.4, -0.2) is 40.1 Å². The number of amides is 1. The third-order valence-electron chi connectivity index (χ3n) is 3.78. The van der Waals surface area contributed by atoms with Gasteiger partial charge in [-0.15, -0.1) is 0 Å². The normalized spacial score (nSPS) is 22.6. The zero-order valence-corrected chi connectivity index (χ0v) is 11.3. The van der Waals surface area contributed by atoms with Crippen LogP contribution in [-0.2, 0) is 6.18 Å². The lowest BCUT2D eigenvalue weighted by Crippen LogP contribution is -2.42. The van der Waals surface area contributed by atoms with Gasteiger partial charge in [0.1, 0.15) is 11.3 Å². The molecule has 0 radical (unpaired) electrons. The Balaban J connectivity index is 2.31. The van der Waals surface area contributed by atoms with Gasteiger partial charge in [-0.25, -0.2) is 0 Å². The third-order valence-corrected chi connectivity index (χ3v) is 3.78. The van der Waals surface area contributed by atoms with Gasteiger partial charge in [0.2, 0.25) is 0 Å². The van der Waals surface area contributed by atoms with E-state index >= 15 is 0 Å². The number of alkyl halides is 3. The number of rotatable bonds is 2. The number of H-pyrrole nitrogens is 1. The topological polar surface area (TPSA) is 73.4 Å². The Hall–Kier alpha value is -1.83. The second-order valence-electron chi connectivity index (χ2n) is 5.13. The van der Waals surface area contributed by atoms with Crippen molar-refractivity contribution in [1.82, 2.24) is 9.88 Å². The highest BCUT2D eigenvalue weighted by Gasteiger charge is 2.36. The van der Waals surface area contributed by atoms with Crippen LogP contribution in [0, 0.1) is 5.92 Å². The van der Waals surface area contributed by atoms with Crippen molar-refractivity contribution in [3.05, 3.63) is 33.7 Å². The lowest BCUT2D eigenvalue weighted by molar-refractivity contribution is -0.141. The maximum atomic E-state index is 12.5. The Morgan fingerprint density at radius 2 is 2.14 bits per heavy atom. The number of halogens is 3. The molecule has 2 unspecified atom stereocenters. The van der Waals surface area contributed by atoms with E-state index in [2.05, 4.69) is 0 Å². The molecule has 1 aliphatic heterocycles. The number of likely N-dealkylation sites (tertiary alicyclic amines) is 1.